The summed E-state index contributed by atoms with van der Waals surface area (Å²) >= 11 is 0. The monoisotopic (exact) mass is 236 g/mol. The molecule has 1 aromatic heterocycles. The third kappa shape index (κ3) is 4.32. The predicted octanol–water partition coefficient (Wildman–Crippen LogP) is 1.61. The molecule has 0 radical (unpaired) electrons. The van der Waals surface area contributed by atoms with Crippen LogP contribution in [0.5, 0.6) is 5.75 Å². The van der Waals surface area contributed by atoms with E-state index >= 15 is 0 Å². The number of aromatic hydroxyl groups is 1. The van der Waals surface area contributed by atoms with Crippen LogP contribution < -0.4 is 5.32 Å². The number of hydrogen-bond donors (Lipinski definition) is 2. The van der Waals surface area contributed by atoms with Crippen molar-refractivity contribution in [2.75, 3.05) is 19.8 Å². The molecule has 0 unspecified atom stereocenters. The van der Waals surface area contributed by atoms with Crippen LogP contribution in [0, 0.1) is 12.8 Å². The Labute approximate surface area is 102 Å². The standard InChI is InChI=1S/C13H20N2O2/c1-10-2-5-13(16)12(15-10)8-14-6-7-17-9-11-3-4-11/h2,5,11,14,16H,3-4,6-9H2,1H3. The summed E-state index contributed by atoms with van der Waals surface area (Å²) in [5.41, 5.74) is 1.62. The first kappa shape index (κ1) is 12.3. The lowest BCUT2D eigenvalue weighted by Gasteiger charge is -2.07. The Kier molecular flexibility index (Phi) is 4.34. The van der Waals surface area contributed by atoms with E-state index in [0.29, 0.717) is 12.2 Å². The fourth-order valence-electron chi connectivity index (χ4n) is 1.62. The smallest absolute Gasteiger partial charge is 0.138 e. The fourth-order valence-corrected chi connectivity index (χ4v) is 1.62. The summed E-state index contributed by atoms with van der Waals surface area (Å²) in [5.74, 6) is 1.07. The van der Waals surface area contributed by atoms with E-state index in [1.54, 1.807) is 12.1 Å². The normalized spacial score (nSPS) is 15.1. The molecule has 17 heavy (non-hydrogen) atoms. The molecule has 1 saturated carbocycles. The van der Waals surface area contributed by atoms with Crippen LogP contribution >= 0.6 is 0 Å². The molecule has 1 aliphatic rings. The molecule has 1 aliphatic carbocycles. The van der Waals surface area contributed by atoms with Gasteiger partial charge < -0.3 is 15.2 Å². The van der Waals surface area contributed by atoms with Crippen LogP contribution in [0.3, 0.4) is 0 Å². The molecule has 0 spiro atoms. The maximum Gasteiger partial charge on any atom is 0.138 e. The lowest BCUT2D eigenvalue weighted by molar-refractivity contribution is 0.126. The van der Waals surface area contributed by atoms with E-state index < -0.39 is 0 Å². The van der Waals surface area contributed by atoms with Crippen molar-refractivity contribution in [1.82, 2.24) is 10.3 Å². The Balaban J connectivity index is 1.61. The second-order valence-electron chi connectivity index (χ2n) is 4.61. The molecule has 0 atom stereocenters. The highest BCUT2D eigenvalue weighted by atomic mass is 16.5. The van der Waals surface area contributed by atoms with Gasteiger partial charge >= 0.3 is 0 Å². The van der Waals surface area contributed by atoms with Crippen LogP contribution in [-0.4, -0.2) is 29.8 Å². The third-order valence-electron chi connectivity index (χ3n) is 2.86. The van der Waals surface area contributed by atoms with Gasteiger partial charge in [-0.2, -0.15) is 0 Å². The molecule has 0 aliphatic heterocycles. The molecule has 4 heteroatoms. The molecule has 0 bridgehead atoms. The van der Waals surface area contributed by atoms with Gasteiger partial charge in [0.05, 0.1) is 12.3 Å². The van der Waals surface area contributed by atoms with E-state index in [1.807, 2.05) is 6.92 Å². The summed E-state index contributed by atoms with van der Waals surface area (Å²) in [6.07, 6.45) is 2.66. The van der Waals surface area contributed by atoms with Crippen LogP contribution in [0.25, 0.3) is 0 Å². The Morgan fingerprint density at radius 2 is 2.29 bits per heavy atom. The molecule has 2 N–H and O–H groups in total. The number of aromatic nitrogens is 1. The number of ether oxygens (including phenoxy) is 1. The summed E-state index contributed by atoms with van der Waals surface area (Å²) in [6, 6.07) is 3.49. The van der Waals surface area contributed by atoms with Gasteiger partial charge in [-0.15, -0.1) is 0 Å². The molecule has 0 amide bonds. The molecule has 1 aromatic rings. The van der Waals surface area contributed by atoms with Crippen LogP contribution in [0.4, 0.5) is 0 Å². The van der Waals surface area contributed by atoms with Gasteiger partial charge in [0.25, 0.3) is 0 Å². The van der Waals surface area contributed by atoms with E-state index in [9.17, 15) is 5.11 Å². The zero-order valence-electron chi connectivity index (χ0n) is 10.3. The molecule has 1 heterocycles. The molecular weight excluding hydrogens is 216 g/mol. The zero-order valence-corrected chi connectivity index (χ0v) is 10.3. The summed E-state index contributed by atoms with van der Waals surface area (Å²) in [6.45, 7) is 4.92. The fraction of sp³-hybridized carbons (Fsp3) is 0.615. The summed E-state index contributed by atoms with van der Waals surface area (Å²) in [4.78, 5) is 4.28. The number of aryl methyl sites for hydroxylation is 1. The lowest BCUT2D eigenvalue weighted by atomic mass is 10.3. The van der Waals surface area contributed by atoms with Gasteiger partial charge in [-0.05, 0) is 37.8 Å². The van der Waals surface area contributed by atoms with Crippen LogP contribution in [0.2, 0.25) is 0 Å². The molecule has 94 valence electrons. The zero-order chi connectivity index (χ0) is 12.1. The number of nitrogens with zero attached hydrogens (tertiary/aromatic N) is 1. The van der Waals surface area contributed by atoms with Crippen molar-refractivity contribution < 1.29 is 9.84 Å². The second-order valence-corrected chi connectivity index (χ2v) is 4.61. The molecule has 0 saturated heterocycles. The van der Waals surface area contributed by atoms with Crippen molar-refractivity contribution >= 4 is 0 Å². The van der Waals surface area contributed by atoms with Crippen molar-refractivity contribution in [3.8, 4) is 5.75 Å². The van der Waals surface area contributed by atoms with Gasteiger partial charge in [0.1, 0.15) is 5.75 Å². The largest absolute Gasteiger partial charge is 0.506 e. The first-order valence-electron chi connectivity index (χ1n) is 6.19. The SMILES string of the molecule is Cc1ccc(O)c(CNCCOCC2CC2)n1. The van der Waals surface area contributed by atoms with E-state index in [0.717, 1.165) is 31.4 Å². The highest BCUT2D eigenvalue weighted by Crippen LogP contribution is 2.28. The van der Waals surface area contributed by atoms with Crippen LogP contribution in [0.15, 0.2) is 12.1 Å². The van der Waals surface area contributed by atoms with Crippen molar-refractivity contribution in [3.05, 3.63) is 23.5 Å². The lowest BCUT2D eigenvalue weighted by Crippen LogP contribution is -2.20. The first-order valence-corrected chi connectivity index (χ1v) is 6.19. The van der Waals surface area contributed by atoms with Crippen molar-refractivity contribution in [2.24, 2.45) is 5.92 Å². The maximum absolute atomic E-state index is 9.58. The van der Waals surface area contributed by atoms with Crippen LogP contribution in [0.1, 0.15) is 24.2 Å². The number of pyridine rings is 1. The van der Waals surface area contributed by atoms with Gasteiger partial charge in [-0.3, -0.25) is 4.98 Å². The van der Waals surface area contributed by atoms with Gasteiger partial charge in [-0.25, -0.2) is 0 Å². The molecule has 2 rings (SSSR count). The number of rotatable bonds is 7. The number of nitrogens with one attached hydrogen (secondary N) is 1. The van der Waals surface area contributed by atoms with E-state index in [1.165, 1.54) is 12.8 Å². The second kappa shape index (κ2) is 5.98. The van der Waals surface area contributed by atoms with Gasteiger partial charge in [0.15, 0.2) is 0 Å². The minimum Gasteiger partial charge on any atom is -0.506 e. The van der Waals surface area contributed by atoms with Gasteiger partial charge in [0, 0.05) is 25.4 Å². The summed E-state index contributed by atoms with van der Waals surface area (Å²) < 4.78 is 5.50. The highest BCUT2D eigenvalue weighted by Gasteiger charge is 2.20. The topological polar surface area (TPSA) is 54.4 Å². The van der Waals surface area contributed by atoms with Gasteiger partial charge in [-0.1, -0.05) is 0 Å². The van der Waals surface area contributed by atoms with Gasteiger partial charge in [0.2, 0.25) is 0 Å². The van der Waals surface area contributed by atoms with Crippen molar-refractivity contribution in [2.45, 2.75) is 26.3 Å². The quantitative estimate of drug-likeness (QED) is 0.706. The molecule has 4 nitrogen and oxygen atoms in total. The average molecular weight is 236 g/mol. The Morgan fingerprint density at radius 1 is 1.47 bits per heavy atom. The highest BCUT2D eigenvalue weighted by molar-refractivity contribution is 5.27. The van der Waals surface area contributed by atoms with Crippen molar-refractivity contribution in [3.63, 3.8) is 0 Å². The molecule has 1 fully saturated rings. The minimum absolute atomic E-state index is 0.252. The Morgan fingerprint density at radius 3 is 3.06 bits per heavy atom. The third-order valence-corrected chi connectivity index (χ3v) is 2.86. The summed E-state index contributed by atoms with van der Waals surface area (Å²) in [5, 5.41) is 12.8. The number of hydrogen-bond acceptors (Lipinski definition) is 4. The maximum atomic E-state index is 9.58. The average Bonchev–Trinajstić information content (AvgIpc) is 3.11. The predicted molar refractivity (Wildman–Crippen MR) is 65.9 cm³/mol. The van der Waals surface area contributed by atoms with E-state index in [4.69, 9.17) is 4.74 Å². The summed E-state index contributed by atoms with van der Waals surface area (Å²) in [7, 11) is 0. The Hall–Kier alpha value is -1.13. The van der Waals surface area contributed by atoms with E-state index in [-0.39, 0.29) is 5.75 Å². The van der Waals surface area contributed by atoms with Crippen molar-refractivity contribution in [1.29, 1.82) is 0 Å². The van der Waals surface area contributed by atoms with E-state index in [2.05, 4.69) is 10.3 Å². The van der Waals surface area contributed by atoms with Crippen LogP contribution in [-0.2, 0) is 11.3 Å². The molecule has 0 aromatic carbocycles. The Bertz CT molecular complexity index is 364. The first-order chi connectivity index (χ1) is 8.25. The molecular formula is C13H20N2O2. The minimum atomic E-state index is 0.252.